The third kappa shape index (κ3) is 3.64. The van der Waals surface area contributed by atoms with Crippen molar-refractivity contribution in [2.75, 3.05) is 7.11 Å². The van der Waals surface area contributed by atoms with Crippen LogP contribution in [0.25, 0.3) is 0 Å². The summed E-state index contributed by atoms with van der Waals surface area (Å²) in [6.45, 7) is 9.78. The van der Waals surface area contributed by atoms with Crippen LogP contribution in [0.4, 0.5) is 0 Å². The number of carbonyl (C=O) groups excluding carboxylic acids is 3. The van der Waals surface area contributed by atoms with E-state index < -0.39 is 57.8 Å². The van der Waals surface area contributed by atoms with E-state index in [0.29, 0.717) is 12.8 Å². The molecule has 192 valence electrons. The van der Waals surface area contributed by atoms with Crippen LogP contribution in [-0.4, -0.2) is 63.9 Å². The molecular formula is C27H36O8. The van der Waals surface area contributed by atoms with Crippen LogP contribution in [0.15, 0.2) is 36.1 Å². The van der Waals surface area contributed by atoms with Gasteiger partial charge in [0.15, 0.2) is 11.9 Å². The van der Waals surface area contributed by atoms with Gasteiger partial charge in [-0.15, -0.1) is 6.58 Å². The van der Waals surface area contributed by atoms with Crippen molar-refractivity contribution in [3.63, 3.8) is 0 Å². The van der Waals surface area contributed by atoms with E-state index in [9.17, 15) is 29.7 Å². The fourth-order valence-electron chi connectivity index (χ4n) is 6.87. The summed E-state index contributed by atoms with van der Waals surface area (Å²) in [5, 5.41) is 33.2. The maximum Gasteiger partial charge on any atom is 0.316 e. The summed E-state index contributed by atoms with van der Waals surface area (Å²) < 4.78 is 10.6. The SMILES string of the molecule is C=C[C@]1(C)C=C2C(=O)C[C@H]3C(C)(C)CCC[C@]3(C(=O)O[C@@H]3C(=O)C=C(OC)[C@@H](O)[C@H]3O)[C@@]2(O)CC1. The minimum Gasteiger partial charge on any atom is -0.498 e. The van der Waals surface area contributed by atoms with E-state index in [1.54, 1.807) is 12.2 Å². The van der Waals surface area contributed by atoms with Crippen LogP contribution in [0.2, 0.25) is 0 Å². The molecule has 0 spiro atoms. The molecule has 2 fully saturated rings. The van der Waals surface area contributed by atoms with Crippen molar-refractivity contribution in [2.45, 2.75) is 83.2 Å². The van der Waals surface area contributed by atoms with Gasteiger partial charge in [-0.05, 0) is 37.0 Å². The smallest absolute Gasteiger partial charge is 0.316 e. The highest BCUT2D eigenvalue weighted by molar-refractivity contribution is 6.03. The van der Waals surface area contributed by atoms with Crippen LogP contribution in [0.5, 0.6) is 0 Å². The van der Waals surface area contributed by atoms with Gasteiger partial charge in [0.05, 0.1) is 7.11 Å². The van der Waals surface area contributed by atoms with Gasteiger partial charge >= 0.3 is 5.97 Å². The highest BCUT2D eigenvalue weighted by Crippen LogP contribution is 2.65. The van der Waals surface area contributed by atoms with Crippen molar-refractivity contribution in [3.8, 4) is 0 Å². The molecule has 0 aromatic carbocycles. The maximum atomic E-state index is 14.1. The average molecular weight is 489 g/mol. The zero-order valence-corrected chi connectivity index (χ0v) is 20.9. The standard InChI is InChI=1S/C27H36O8/c1-6-25(4)10-11-27(33)15(14-25)16(28)13-19-24(2,3)8-7-9-26(19,27)23(32)35-22-17(29)12-18(34-5)20(30)21(22)31/h6,12,14,19-22,30-31,33H,1,7-11,13H2,2-5H3/t19-,20+,21+,22+,25-,26-,27+/m0/s1. The number of Topliss-reactive ketones (excluding diaryl/α,β-unsaturated/α-hetero) is 1. The van der Waals surface area contributed by atoms with Gasteiger partial charge in [-0.1, -0.05) is 39.3 Å². The van der Waals surface area contributed by atoms with E-state index in [4.69, 9.17) is 9.47 Å². The first-order valence-corrected chi connectivity index (χ1v) is 12.3. The Kier molecular flexibility index (Phi) is 6.18. The second-order valence-electron chi connectivity index (χ2n) is 11.5. The van der Waals surface area contributed by atoms with Gasteiger partial charge in [-0.2, -0.15) is 0 Å². The number of ketones is 2. The Morgan fingerprint density at radius 1 is 1.14 bits per heavy atom. The monoisotopic (exact) mass is 488 g/mol. The number of hydrogen-bond donors (Lipinski definition) is 3. The molecule has 0 unspecified atom stereocenters. The molecule has 0 heterocycles. The predicted octanol–water partition coefficient (Wildman–Crippen LogP) is 2.16. The Hall–Kier alpha value is -2.29. The lowest BCUT2D eigenvalue weighted by Crippen LogP contribution is -2.69. The summed E-state index contributed by atoms with van der Waals surface area (Å²) in [6, 6.07) is 0. The first-order chi connectivity index (χ1) is 16.3. The molecule has 0 aliphatic heterocycles. The van der Waals surface area contributed by atoms with Crippen molar-refractivity contribution in [3.05, 3.63) is 36.1 Å². The molecule has 0 radical (unpaired) electrons. The van der Waals surface area contributed by atoms with Crippen molar-refractivity contribution in [1.82, 2.24) is 0 Å². The zero-order chi connectivity index (χ0) is 26.0. The van der Waals surface area contributed by atoms with Gasteiger partial charge in [-0.25, -0.2) is 0 Å². The zero-order valence-electron chi connectivity index (χ0n) is 20.9. The molecule has 4 aliphatic rings. The van der Waals surface area contributed by atoms with E-state index in [0.717, 1.165) is 12.5 Å². The Bertz CT molecular complexity index is 1020. The minimum absolute atomic E-state index is 0.0704. The average Bonchev–Trinajstić information content (AvgIpc) is 2.81. The largest absolute Gasteiger partial charge is 0.498 e. The maximum absolute atomic E-state index is 14.1. The fraction of sp³-hybridized carbons (Fsp3) is 0.667. The molecule has 3 N–H and O–H groups in total. The molecule has 0 bridgehead atoms. The van der Waals surface area contributed by atoms with Crippen LogP contribution < -0.4 is 0 Å². The van der Waals surface area contributed by atoms with Crippen LogP contribution in [0.1, 0.15) is 59.3 Å². The van der Waals surface area contributed by atoms with E-state index in [2.05, 4.69) is 6.58 Å². The van der Waals surface area contributed by atoms with E-state index in [-0.39, 0.29) is 36.4 Å². The first-order valence-electron chi connectivity index (χ1n) is 12.3. The lowest BCUT2D eigenvalue weighted by molar-refractivity contribution is -0.216. The summed E-state index contributed by atoms with van der Waals surface area (Å²) >= 11 is 0. The molecule has 0 saturated heterocycles. The third-order valence-electron chi connectivity index (χ3n) is 9.09. The molecule has 4 rings (SSSR count). The number of ether oxygens (including phenoxy) is 2. The lowest BCUT2D eigenvalue weighted by Gasteiger charge is -2.61. The van der Waals surface area contributed by atoms with Crippen LogP contribution in [0.3, 0.4) is 0 Å². The van der Waals surface area contributed by atoms with E-state index >= 15 is 0 Å². The Labute approximate surface area is 205 Å². The summed E-state index contributed by atoms with van der Waals surface area (Å²) in [4.78, 5) is 40.2. The number of methoxy groups -OCH3 is 1. The highest BCUT2D eigenvalue weighted by Gasteiger charge is 2.71. The number of carbonyl (C=O) groups is 3. The molecule has 35 heavy (non-hydrogen) atoms. The molecule has 4 aliphatic carbocycles. The van der Waals surface area contributed by atoms with Crippen molar-refractivity contribution < 1.29 is 39.2 Å². The molecule has 7 atom stereocenters. The number of rotatable bonds is 4. The molecule has 0 amide bonds. The second-order valence-corrected chi connectivity index (χ2v) is 11.5. The molecule has 8 heteroatoms. The highest BCUT2D eigenvalue weighted by atomic mass is 16.6. The number of allylic oxidation sites excluding steroid dienone is 2. The number of hydrogen-bond acceptors (Lipinski definition) is 8. The van der Waals surface area contributed by atoms with Crippen molar-refractivity contribution in [1.29, 1.82) is 0 Å². The van der Waals surface area contributed by atoms with Gasteiger partial charge in [0.1, 0.15) is 29.0 Å². The number of esters is 1. The third-order valence-corrected chi connectivity index (χ3v) is 9.09. The van der Waals surface area contributed by atoms with Gasteiger partial charge in [-0.3, -0.25) is 14.4 Å². The van der Waals surface area contributed by atoms with Gasteiger partial charge in [0, 0.05) is 23.5 Å². The molecule has 0 aromatic heterocycles. The normalized spacial score (nSPS) is 42.7. The predicted molar refractivity (Wildman–Crippen MR) is 126 cm³/mol. The quantitative estimate of drug-likeness (QED) is 0.405. The number of fused-ring (bicyclic) bond motifs is 3. The van der Waals surface area contributed by atoms with E-state index in [1.807, 2.05) is 20.8 Å². The van der Waals surface area contributed by atoms with Crippen LogP contribution in [0, 0.1) is 22.2 Å². The lowest BCUT2D eigenvalue weighted by atomic mass is 9.42. The van der Waals surface area contributed by atoms with Crippen molar-refractivity contribution in [2.24, 2.45) is 22.2 Å². The molecular weight excluding hydrogens is 452 g/mol. The minimum atomic E-state index is -1.78. The topological polar surface area (TPSA) is 130 Å². The Morgan fingerprint density at radius 3 is 2.46 bits per heavy atom. The van der Waals surface area contributed by atoms with E-state index in [1.165, 1.54) is 7.11 Å². The van der Waals surface area contributed by atoms with Crippen LogP contribution >= 0.6 is 0 Å². The molecule has 8 nitrogen and oxygen atoms in total. The van der Waals surface area contributed by atoms with Gasteiger partial charge < -0.3 is 24.8 Å². The summed E-state index contributed by atoms with van der Waals surface area (Å²) in [6.07, 6.45) is 1.96. The van der Waals surface area contributed by atoms with Gasteiger partial charge in [0.25, 0.3) is 0 Å². The second kappa shape index (κ2) is 8.39. The Balaban J connectivity index is 1.82. The van der Waals surface area contributed by atoms with Gasteiger partial charge in [0.2, 0.25) is 5.78 Å². The summed E-state index contributed by atoms with van der Waals surface area (Å²) in [5.74, 6) is -2.37. The molecule has 2 saturated carbocycles. The number of aliphatic hydroxyl groups is 3. The van der Waals surface area contributed by atoms with Crippen molar-refractivity contribution >= 4 is 17.5 Å². The Morgan fingerprint density at radius 2 is 1.83 bits per heavy atom. The number of aliphatic hydroxyl groups excluding tert-OH is 2. The first kappa shape index (κ1) is 25.8. The summed E-state index contributed by atoms with van der Waals surface area (Å²) in [7, 11) is 1.26. The fourth-order valence-corrected chi connectivity index (χ4v) is 6.87. The van der Waals surface area contributed by atoms with Crippen LogP contribution in [-0.2, 0) is 23.9 Å². The molecule has 0 aromatic rings. The summed E-state index contributed by atoms with van der Waals surface area (Å²) in [5.41, 5.74) is -4.01.